The molecule has 0 saturated heterocycles. The van der Waals surface area contributed by atoms with Crippen molar-refractivity contribution in [2.24, 2.45) is 0 Å². The molecule has 1 N–H and O–H groups in total. The second-order valence-electron chi connectivity index (χ2n) is 5.94. The third-order valence-electron chi connectivity index (χ3n) is 3.96. The molecule has 0 bridgehead atoms. The zero-order valence-electron chi connectivity index (χ0n) is 13.3. The Morgan fingerprint density at radius 2 is 2.35 bits per heavy atom. The Hall–Kier alpha value is -2.08. The highest BCUT2D eigenvalue weighted by Crippen LogP contribution is 2.15. The van der Waals surface area contributed by atoms with Crippen molar-refractivity contribution in [3.63, 3.8) is 0 Å². The maximum absolute atomic E-state index is 12.2. The van der Waals surface area contributed by atoms with Gasteiger partial charge in [-0.15, -0.1) is 0 Å². The number of hydrogen-bond acceptors (Lipinski definition) is 4. The van der Waals surface area contributed by atoms with Crippen LogP contribution in [0.2, 0.25) is 5.02 Å². The minimum Gasteiger partial charge on any atom is -0.350 e. The number of aryl methyl sites for hydroxylation is 2. The number of anilines is 1. The number of fused-ring (bicyclic) bond motifs is 1. The van der Waals surface area contributed by atoms with Gasteiger partial charge in [0.25, 0.3) is 0 Å². The van der Waals surface area contributed by atoms with Crippen LogP contribution < -0.4 is 10.2 Å². The molecule has 7 heteroatoms. The van der Waals surface area contributed by atoms with Gasteiger partial charge >= 0.3 is 0 Å². The predicted molar refractivity (Wildman–Crippen MR) is 89.7 cm³/mol. The number of amides is 1. The van der Waals surface area contributed by atoms with Crippen LogP contribution in [0, 0.1) is 6.92 Å². The lowest BCUT2D eigenvalue weighted by Gasteiger charge is -2.26. The maximum Gasteiger partial charge on any atom is 0.239 e. The summed E-state index contributed by atoms with van der Waals surface area (Å²) in [6.45, 7) is 3.04. The SMILES string of the molecule is Cc1cn2c(n1)CC[C@@H](NC(=O)CN(C)c1ccc(Cl)cn1)C2. The quantitative estimate of drug-likeness (QED) is 0.927. The molecule has 0 saturated carbocycles. The van der Waals surface area contributed by atoms with Crippen molar-refractivity contribution in [1.29, 1.82) is 0 Å². The summed E-state index contributed by atoms with van der Waals surface area (Å²) in [5.41, 5.74) is 1.03. The van der Waals surface area contributed by atoms with Crippen LogP contribution in [0.3, 0.4) is 0 Å². The number of carbonyl (C=O) groups is 1. The number of nitrogens with one attached hydrogen (secondary N) is 1. The number of halogens is 1. The molecule has 2 aromatic heterocycles. The van der Waals surface area contributed by atoms with E-state index in [-0.39, 0.29) is 18.5 Å². The summed E-state index contributed by atoms with van der Waals surface area (Å²) < 4.78 is 2.13. The van der Waals surface area contributed by atoms with E-state index in [1.165, 1.54) is 0 Å². The van der Waals surface area contributed by atoms with E-state index < -0.39 is 0 Å². The lowest BCUT2D eigenvalue weighted by Crippen LogP contribution is -2.45. The van der Waals surface area contributed by atoms with Crippen molar-refractivity contribution in [3.8, 4) is 0 Å². The van der Waals surface area contributed by atoms with Crippen LogP contribution in [0.15, 0.2) is 24.5 Å². The van der Waals surface area contributed by atoms with Gasteiger partial charge in [-0.3, -0.25) is 4.79 Å². The molecule has 1 aliphatic heterocycles. The zero-order valence-corrected chi connectivity index (χ0v) is 14.0. The molecule has 1 atom stereocenters. The molecule has 3 rings (SSSR count). The Bertz CT molecular complexity index is 697. The number of nitrogens with zero attached hydrogens (tertiary/aromatic N) is 4. The van der Waals surface area contributed by atoms with Gasteiger partial charge in [0, 0.05) is 38.4 Å². The normalized spacial score (nSPS) is 16.7. The van der Waals surface area contributed by atoms with E-state index in [2.05, 4.69) is 19.9 Å². The highest BCUT2D eigenvalue weighted by atomic mass is 35.5. The van der Waals surface area contributed by atoms with Crippen LogP contribution in [0.4, 0.5) is 5.82 Å². The molecule has 1 amide bonds. The summed E-state index contributed by atoms with van der Waals surface area (Å²) >= 11 is 5.83. The van der Waals surface area contributed by atoms with Crippen LogP contribution in [0.1, 0.15) is 17.9 Å². The van der Waals surface area contributed by atoms with Gasteiger partial charge in [0.1, 0.15) is 11.6 Å². The third kappa shape index (κ3) is 3.82. The lowest BCUT2D eigenvalue weighted by atomic mass is 10.1. The molecule has 0 aliphatic carbocycles. The average molecular weight is 334 g/mol. The number of hydrogen-bond donors (Lipinski definition) is 1. The number of aromatic nitrogens is 3. The van der Waals surface area contributed by atoms with Crippen LogP contribution >= 0.6 is 11.6 Å². The Balaban J connectivity index is 1.54. The first-order chi connectivity index (χ1) is 11.0. The topological polar surface area (TPSA) is 63.1 Å². The van der Waals surface area contributed by atoms with Gasteiger partial charge in [0.2, 0.25) is 5.91 Å². The van der Waals surface area contributed by atoms with Crippen molar-refractivity contribution in [2.75, 3.05) is 18.5 Å². The van der Waals surface area contributed by atoms with E-state index in [9.17, 15) is 4.79 Å². The van der Waals surface area contributed by atoms with Gasteiger partial charge in [-0.1, -0.05) is 11.6 Å². The predicted octanol–water partition coefficient (Wildman–Crippen LogP) is 1.81. The van der Waals surface area contributed by atoms with E-state index >= 15 is 0 Å². The molecule has 0 radical (unpaired) electrons. The minimum atomic E-state index is -0.00506. The number of pyridine rings is 1. The first-order valence-corrected chi connectivity index (χ1v) is 8.04. The van der Waals surface area contributed by atoms with E-state index in [0.29, 0.717) is 5.02 Å². The zero-order chi connectivity index (χ0) is 16.4. The molecule has 0 fully saturated rings. The second-order valence-corrected chi connectivity index (χ2v) is 6.38. The van der Waals surface area contributed by atoms with Crippen molar-refractivity contribution in [3.05, 3.63) is 41.1 Å². The molecule has 1 aliphatic rings. The Kier molecular flexibility index (Phi) is 4.52. The van der Waals surface area contributed by atoms with Crippen molar-refractivity contribution in [2.45, 2.75) is 32.4 Å². The van der Waals surface area contributed by atoms with Crippen molar-refractivity contribution >= 4 is 23.3 Å². The second kappa shape index (κ2) is 6.58. The summed E-state index contributed by atoms with van der Waals surface area (Å²) in [5.74, 6) is 1.82. The van der Waals surface area contributed by atoms with Gasteiger partial charge in [-0.25, -0.2) is 9.97 Å². The first-order valence-electron chi connectivity index (χ1n) is 7.66. The van der Waals surface area contributed by atoms with E-state index in [4.69, 9.17) is 11.6 Å². The molecule has 23 heavy (non-hydrogen) atoms. The largest absolute Gasteiger partial charge is 0.350 e. The van der Waals surface area contributed by atoms with Gasteiger partial charge < -0.3 is 14.8 Å². The fourth-order valence-electron chi connectivity index (χ4n) is 2.87. The Morgan fingerprint density at radius 3 is 3.09 bits per heavy atom. The molecular weight excluding hydrogens is 314 g/mol. The van der Waals surface area contributed by atoms with Gasteiger partial charge in [0.05, 0.1) is 17.3 Å². The van der Waals surface area contributed by atoms with E-state index in [1.54, 1.807) is 23.2 Å². The maximum atomic E-state index is 12.2. The lowest BCUT2D eigenvalue weighted by molar-refractivity contribution is -0.120. The molecule has 6 nitrogen and oxygen atoms in total. The Labute approximate surface area is 140 Å². The molecule has 0 aromatic carbocycles. The molecule has 2 aromatic rings. The van der Waals surface area contributed by atoms with Crippen LogP contribution in [0.25, 0.3) is 0 Å². The van der Waals surface area contributed by atoms with Crippen LogP contribution in [0.5, 0.6) is 0 Å². The van der Waals surface area contributed by atoms with Gasteiger partial charge in [-0.05, 0) is 25.5 Å². The summed E-state index contributed by atoms with van der Waals surface area (Å²) in [7, 11) is 1.84. The van der Waals surface area contributed by atoms with E-state index in [1.807, 2.05) is 20.2 Å². The van der Waals surface area contributed by atoms with Crippen molar-refractivity contribution < 1.29 is 4.79 Å². The molecule has 3 heterocycles. The standard InChI is InChI=1S/C16H20ClN5O/c1-11-8-22-9-13(4-6-15(22)19-11)20-16(23)10-21(2)14-5-3-12(17)7-18-14/h3,5,7-8,13H,4,6,9-10H2,1-2H3,(H,20,23)/t13-/m1/s1. The number of rotatable bonds is 4. The highest BCUT2D eigenvalue weighted by molar-refractivity contribution is 6.30. The number of imidazole rings is 1. The average Bonchev–Trinajstić information content (AvgIpc) is 2.87. The molecule has 122 valence electrons. The fraction of sp³-hybridized carbons (Fsp3) is 0.438. The smallest absolute Gasteiger partial charge is 0.239 e. The van der Waals surface area contributed by atoms with Crippen LogP contribution in [-0.4, -0.2) is 40.1 Å². The highest BCUT2D eigenvalue weighted by Gasteiger charge is 2.21. The molecular formula is C16H20ClN5O. The molecule has 0 spiro atoms. The number of carbonyl (C=O) groups excluding carboxylic acids is 1. The summed E-state index contributed by atoms with van der Waals surface area (Å²) in [6, 6.07) is 3.72. The summed E-state index contributed by atoms with van der Waals surface area (Å²) in [6.07, 6.45) is 5.44. The first kappa shape index (κ1) is 15.8. The Morgan fingerprint density at radius 1 is 1.52 bits per heavy atom. The summed E-state index contributed by atoms with van der Waals surface area (Å²) in [4.78, 5) is 22.7. The third-order valence-corrected chi connectivity index (χ3v) is 4.19. The monoisotopic (exact) mass is 333 g/mol. The van der Waals surface area contributed by atoms with Crippen molar-refractivity contribution in [1.82, 2.24) is 19.9 Å². The van der Waals surface area contributed by atoms with Crippen LogP contribution in [-0.2, 0) is 17.8 Å². The van der Waals surface area contributed by atoms with E-state index in [0.717, 1.165) is 36.7 Å². The van der Waals surface area contributed by atoms with Gasteiger partial charge in [-0.2, -0.15) is 0 Å². The number of likely N-dealkylation sites (N-methyl/N-ethyl adjacent to an activating group) is 1. The van der Waals surface area contributed by atoms with Gasteiger partial charge in [0.15, 0.2) is 0 Å². The fourth-order valence-corrected chi connectivity index (χ4v) is 2.98. The minimum absolute atomic E-state index is 0.00506. The molecule has 0 unspecified atom stereocenters. The summed E-state index contributed by atoms with van der Waals surface area (Å²) in [5, 5.41) is 3.68.